The van der Waals surface area contributed by atoms with Gasteiger partial charge in [-0.15, -0.1) is 5.10 Å². The molecule has 1 amide bonds. The van der Waals surface area contributed by atoms with Gasteiger partial charge in [0.25, 0.3) is 11.6 Å². The topological polar surface area (TPSA) is 137 Å². The second kappa shape index (κ2) is 8.15. The predicted molar refractivity (Wildman–Crippen MR) is 109 cm³/mol. The molecule has 1 saturated heterocycles. The largest absolute Gasteiger partial charge is 0.369 e. The van der Waals surface area contributed by atoms with Crippen molar-refractivity contribution in [2.45, 2.75) is 42.6 Å². The molecule has 3 heterocycles. The first-order chi connectivity index (χ1) is 14.4. The highest BCUT2D eigenvalue weighted by Crippen LogP contribution is 2.42. The summed E-state index contributed by atoms with van der Waals surface area (Å²) < 4.78 is 1.36. The summed E-state index contributed by atoms with van der Waals surface area (Å²) in [6.07, 6.45) is 1.88. The lowest BCUT2D eigenvalue weighted by Gasteiger charge is -2.38. The van der Waals surface area contributed by atoms with E-state index in [9.17, 15) is 19.7 Å². The van der Waals surface area contributed by atoms with Crippen LogP contribution >= 0.6 is 11.8 Å². The van der Waals surface area contributed by atoms with E-state index in [0.29, 0.717) is 43.3 Å². The zero-order valence-electron chi connectivity index (χ0n) is 16.4. The van der Waals surface area contributed by atoms with Crippen molar-refractivity contribution >= 4 is 29.3 Å². The molecule has 2 N–H and O–H groups in total. The lowest BCUT2D eigenvalue weighted by atomic mass is 9.92. The summed E-state index contributed by atoms with van der Waals surface area (Å²) >= 11 is 1.37. The highest BCUT2D eigenvalue weighted by Gasteiger charge is 2.44. The second-order valence-electron chi connectivity index (χ2n) is 7.46. The number of carbonyl (C=O) groups excluding carboxylic acids is 2. The number of rotatable bonds is 6. The van der Waals surface area contributed by atoms with Crippen LogP contribution in [0.2, 0.25) is 0 Å². The van der Waals surface area contributed by atoms with Gasteiger partial charge in [0.05, 0.1) is 11.0 Å². The van der Waals surface area contributed by atoms with Crippen LogP contribution < -0.4 is 5.73 Å². The van der Waals surface area contributed by atoms with Crippen molar-refractivity contribution in [1.29, 1.82) is 0 Å². The minimum atomic E-state index is -0.475. The van der Waals surface area contributed by atoms with E-state index in [1.165, 1.54) is 28.6 Å². The normalized spacial score (nSPS) is 20.8. The number of thioether (sulfide) groups is 1. The van der Waals surface area contributed by atoms with Crippen molar-refractivity contribution in [2.24, 2.45) is 11.7 Å². The fourth-order valence-corrected chi connectivity index (χ4v) is 5.30. The fourth-order valence-electron chi connectivity index (χ4n) is 4.02. The van der Waals surface area contributed by atoms with Crippen LogP contribution in [0, 0.1) is 16.0 Å². The van der Waals surface area contributed by atoms with Gasteiger partial charge in [-0.1, -0.05) is 30.8 Å². The summed E-state index contributed by atoms with van der Waals surface area (Å²) in [7, 11) is 0. The first-order valence-corrected chi connectivity index (χ1v) is 10.7. The Balaban J connectivity index is 1.64. The van der Waals surface area contributed by atoms with E-state index in [2.05, 4.69) is 15.0 Å². The quantitative estimate of drug-likeness (QED) is 0.541. The number of piperidine rings is 1. The van der Waals surface area contributed by atoms with Crippen molar-refractivity contribution in [2.75, 3.05) is 13.1 Å². The Morgan fingerprint density at radius 2 is 2.00 bits per heavy atom. The van der Waals surface area contributed by atoms with Gasteiger partial charge in [0.1, 0.15) is 5.25 Å². The molecule has 2 aliphatic heterocycles. The fraction of sp³-hybridized carbons (Fsp3) is 0.474. The number of hydrogen-bond acceptors (Lipinski definition) is 8. The van der Waals surface area contributed by atoms with Crippen LogP contribution in [0.3, 0.4) is 0 Å². The Labute approximate surface area is 177 Å². The lowest BCUT2D eigenvalue weighted by molar-refractivity contribution is -0.384. The van der Waals surface area contributed by atoms with Gasteiger partial charge in [-0.3, -0.25) is 24.6 Å². The number of aryl methyl sites for hydroxylation is 1. The Bertz CT molecular complexity index is 983. The number of likely N-dealkylation sites (tertiary alicyclic amines) is 1. The molecule has 30 heavy (non-hydrogen) atoms. The lowest BCUT2D eigenvalue weighted by Crippen LogP contribution is -2.45. The third-order valence-corrected chi connectivity index (χ3v) is 6.87. The van der Waals surface area contributed by atoms with E-state index in [-0.39, 0.29) is 29.5 Å². The van der Waals surface area contributed by atoms with Gasteiger partial charge in [0.15, 0.2) is 11.0 Å². The standard InChI is InChI=1S/C19H22N6O4S/c1-2-14-21-19-24(22-14)18(27)16(30-19)15(11-3-5-13(6-4-11)25(28)29)23-9-7-12(8-10-23)17(20)26/h3-6,12,15-16H,2,7-10H2,1H3,(H2,20,26). The summed E-state index contributed by atoms with van der Waals surface area (Å²) in [5.41, 5.74) is 6.27. The smallest absolute Gasteiger partial charge is 0.269 e. The number of nitro benzene ring substituents is 1. The third-order valence-electron chi connectivity index (χ3n) is 5.68. The molecular formula is C19H22N6O4S. The first kappa shape index (κ1) is 20.5. The van der Waals surface area contributed by atoms with Crippen molar-refractivity contribution < 1.29 is 14.5 Å². The number of non-ortho nitro benzene ring substituents is 1. The maximum atomic E-state index is 13.2. The van der Waals surface area contributed by atoms with E-state index in [0.717, 1.165) is 5.56 Å². The summed E-state index contributed by atoms with van der Waals surface area (Å²) in [6, 6.07) is 5.99. The molecule has 2 aliphatic rings. The number of fused-ring (bicyclic) bond motifs is 1. The number of nitrogens with two attached hydrogens (primary N) is 1. The molecule has 0 saturated carbocycles. The monoisotopic (exact) mass is 430 g/mol. The molecule has 2 aromatic rings. The van der Waals surface area contributed by atoms with E-state index in [1.54, 1.807) is 12.1 Å². The van der Waals surface area contributed by atoms with Gasteiger partial charge in [0, 0.05) is 24.5 Å². The van der Waals surface area contributed by atoms with E-state index < -0.39 is 10.2 Å². The molecule has 10 nitrogen and oxygen atoms in total. The van der Waals surface area contributed by atoms with Gasteiger partial charge in [-0.2, -0.15) is 4.68 Å². The summed E-state index contributed by atoms with van der Waals surface area (Å²) in [6.45, 7) is 3.14. The van der Waals surface area contributed by atoms with Crippen LogP contribution in [0.25, 0.3) is 0 Å². The zero-order valence-corrected chi connectivity index (χ0v) is 17.2. The molecule has 1 aromatic heterocycles. The van der Waals surface area contributed by atoms with Crippen LogP contribution in [0.5, 0.6) is 0 Å². The summed E-state index contributed by atoms with van der Waals surface area (Å²) in [4.78, 5) is 41.9. The summed E-state index contributed by atoms with van der Waals surface area (Å²) in [5, 5.41) is 15.4. The van der Waals surface area contributed by atoms with Crippen LogP contribution in [0.4, 0.5) is 5.69 Å². The maximum absolute atomic E-state index is 13.2. The molecule has 4 rings (SSSR count). The molecule has 1 aromatic carbocycles. The number of nitro groups is 1. The van der Waals surface area contributed by atoms with Crippen molar-refractivity contribution in [3.05, 3.63) is 45.8 Å². The van der Waals surface area contributed by atoms with Gasteiger partial charge < -0.3 is 5.73 Å². The number of aromatic nitrogens is 3. The molecule has 11 heteroatoms. The van der Waals surface area contributed by atoms with Gasteiger partial charge in [-0.05, 0) is 31.5 Å². The molecule has 1 fully saturated rings. The maximum Gasteiger partial charge on any atom is 0.269 e. The van der Waals surface area contributed by atoms with Crippen LogP contribution in [0.15, 0.2) is 29.4 Å². The zero-order chi connectivity index (χ0) is 21.4. The molecule has 2 unspecified atom stereocenters. The molecule has 0 spiro atoms. The molecule has 0 radical (unpaired) electrons. The first-order valence-electron chi connectivity index (χ1n) is 9.83. The number of hydrogen-bond donors (Lipinski definition) is 1. The Hall–Kier alpha value is -2.79. The van der Waals surface area contributed by atoms with Gasteiger partial charge in [-0.25, -0.2) is 4.98 Å². The van der Waals surface area contributed by atoms with Crippen LogP contribution in [-0.2, 0) is 11.2 Å². The molecular weight excluding hydrogens is 408 g/mol. The number of benzene rings is 1. The van der Waals surface area contributed by atoms with E-state index >= 15 is 0 Å². The molecule has 158 valence electrons. The average Bonchev–Trinajstić information content (AvgIpc) is 3.28. The predicted octanol–water partition coefficient (Wildman–Crippen LogP) is 1.80. The molecule has 0 bridgehead atoms. The summed E-state index contributed by atoms with van der Waals surface area (Å²) in [5.74, 6) is 0.000215. The van der Waals surface area contributed by atoms with Gasteiger partial charge in [0.2, 0.25) is 5.91 Å². The highest BCUT2D eigenvalue weighted by molar-refractivity contribution is 8.00. The Morgan fingerprint density at radius 1 is 1.33 bits per heavy atom. The van der Waals surface area contributed by atoms with Crippen molar-refractivity contribution in [1.82, 2.24) is 19.7 Å². The van der Waals surface area contributed by atoms with E-state index in [4.69, 9.17) is 5.73 Å². The number of primary amides is 1. The Morgan fingerprint density at radius 3 is 2.53 bits per heavy atom. The van der Waals surface area contributed by atoms with Crippen LogP contribution in [-0.4, -0.2) is 54.7 Å². The third kappa shape index (κ3) is 3.70. The number of nitrogens with zero attached hydrogens (tertiary/aromatic N) is 5. The number of carbonyl (C=O) groups is 2. The molecule has 0 aliphatic carbocycles. The van der Waals surface area contributed by atoms with Crippen LogP contribution in [0.1, 0.15) is 42.0 Å². The second-order valence-corrected chi connectivity index (χ2v) is 8.57. The SMILES string of the molecule is CCc1nc2n(n1)C(=O)C(C(c1ccc([N+](=O)[O-])cc1)N1CCC(C(N)=O)CC1)S2. The van der Waals surface area contributed by atoms with Gasteiger partial charge >= 0.3 is 0 Å². The van der Waals surface area contributed by atoms with Crippen molar-refractivity contribution in [3.8, 4) is 0 Å². The van der Waals surface area contributed by atoms with Crippen molar-refractivity contribution in [3.63, 3.8) is 0 Å². The number of amides is 1. The minimum Gasteiger partial charge on any atom is -0.369 e. The highest BCUT2D eigenvalue weighted by atomic mass is 32.2. The van der Waals surface area contributed by atoms with E-state index in [1.807, 2.05) is 6.92 Å². The minimum absolute atomic E-state index is 0.00230. The average molecular weight is 430 g/mol. The Kier molecular flexibility index (Phi) is 5.56. The molecule has 2 atom stereocenters.